The molecule has 0 saturated carbocycles. The number of ether oxygens (including phenoxy) is 1. The second-order valence-electron chi connectivity index (χ2n) is 2.49. The summed E-state index contributed by atoms with van der Waals surface area (Å²) in [4.78, 5) is 10.2. The standard InChI is InChI=1S/C5H7F3N2O2/c1-4(2,5(6,7)8)12-3(11)10-9/h9H,1-2H3. The second kappa shape index (κ2) is 3.08. The fraction of sp³-hybridized carbons (Fsp3) is 0.800. The van der Waals surface area contributed by atoms with Gasteiger partial charge < -0.3 is 4.74 Å². The van der Waals surface area contributed by atoms with E-state index in [0.29, 0.717) is 13.8 Å². The summed E-state index contributed by atoms with van der Waals surface area (Å²) in [5.41, 5.74) is 3.47. The number of hydrogen-bond acceptors (Lipinski definition) is 3. The topological polar surface area (TPSA) is 62.5 Å². The van der Waals surface area contributed by atoms with Gasteiger partial charge in [0.25, 0.3) is 0 Å². The van der Waals surface area contributed by atoms with Crippen LogP contribution in [0.2, 0.25) is 0 Å². The summed E-state index contributed by atoms with van der Waals surface area (Å²) in [6, 6.07) is 0. The quantitative estimate of drug-likeness (QED) is 0.636. The van der Waals surface area contributed by atoms with Gasteiger partial charge in [-0.25, -0.2) is 4.79 Å². The van der Waals surface area contributed by atoms with Crippen molar-refractivity contribution in [2.75, 3.05) is 0 Å². The fourth-order valence-electron chi connectivity index (χ4n) is 0.299. The highest BCUT2D eigenvalue weighted by Crippen LogP contribution is 2.32. The average Bonchev–Trinajstić information content (AvgIpc) is 1.84. The van der Waals surface area contributed by atoms with E-state index in [1.54, 1.807) is 0 Å². The Balaban J connectivity index is 4.43. The number of hydrogen-bond donors (Lipinski definition) is 1. The summed E-state index contributed by atoms with van der Waals surface area (Å²) in [7, 11) is 0. The molecule has 0 aromatic rings. The van der Waals surface area contributed by atoms with E-state index in [1.165, 1.54) is 0 Å². The maximum absolute atomic E-state index is 11.9. The third-order valence-electron chi connectivity index (χ3n) is 1.12. The molecule has 0 unspecified atom stereocenters. The molecular formula is C5H7F3N2O2. The van der Waals surface area contributed by atoms with Gasteiger partial charge in [-0.15, -0.1) is 0 Å². The number of alkyl halides is 3. The van der Waals surface area contributed by atoms with Crippen molar-refractivity contribution in [1.29, 1.82) is 5.53 Å². The minimum atomic E-state index is -4.66. The van der Waals surface area contributed by atoms with E-state index in [-0.39, 0.29) is 0 Å². The third-order valence-corrected chi connectivity index (χ3v) is 1.12. The molecule has 0 aliphatic heterocycles. The molecule has 0 radical (unpaired) electrons. The Morgan fingerprint density at radius 2 is 1.83 bits per heavy atom. The van der Waals surface area contributed by atoms with E-state index >= 15 is 0 Å². The van der Waals surface area contributed by atoms with Crippen LogP contribution >= 0.6 is 0 Å². The van der Waals surface area contributed by atoms with E-state index < -0.39 is 17.9 Å². The van der Waals surface area contributed by atoms with Crippen LogP contribution in [0.1, 0.15) is 13.8 Å². The first-order valence-corrected chi connectivity index (χ1v) is 2.88. The van der Waals surface area contributed by atoms with Crippen LogP contribution in [0.3, 0.4) is 0 Å². The molecule has 12 heavy (non-hydrogen) atoms. The van der Waals surface area contributed by atoms with Gasteiger partial charge in [-0.2, -0.15) is 18.7 Å². The van der Waals surface area contributed by atoms with Gasteiger partial charge in [0.15, 0.2) is 0 Å². The van der Waals surface area contributed by atoms with Gasteiger partial charge in [0.1, 0.15) is 0 Å². The van der Waals surface area contributed by atoms with Gasteiger partial charge >= 0.3 is 12.3 Å². The highest BCUT2D eigenvalue weighted by molar-refractivity contribution is 5.67. The Bertz CT molecular complexity index is 199. The smallest absolute Gasteiger partial charge is 0.431 e. The molecule has 0 fully saturated rings. The Morgan fingerprint density at radius 3 is 2.08 bits per heavy atom. The lowest BCUT2D eigenvalue weighted by atomic mass is 10.1. The maximum Gasteiger partial charge on any atom is 0.452 e. The van der Waals surface area contributed by atoms with Crippen molar-refractivity contribution >= 4 is 6.09 Å². The minimum absolute atomic E-state index is 0.677. The highest BCUT2D eigenvalue weighted by atomic mass is 19.4. The molecule has 1 amide bonds. The van der Waals surface area contributed by atoms with Crippen LogP contribution in [-0.4, -0.2) is 17.9 Å². The van der Waals surface area contributed by atoms with Crippen molar-refractivity contribution in [1.82, 2.24) is 0 Å². The van der Waals surface area contributed by atoms with Gasteiger partial charge in [0.2, 0.25) is 5.60 Å². The average molecular weight is 184 g/mol. The number of nitrogens with one attached hydrogen (secondary N) is 1. The molecule has 0 aromatic carbocycles. The van der Waals surface area contributed by atoms with Crippen LogP contribution in [0.15, 0.2) is 5.11 Å². The molecule has 0 aliphatic rings. The lowest BCUT2D eigenvalue weighted by molar-refractivity contribution is -0.243. The van der Waals surface area contributed by atoms with Crippen molar-refractivity contribution in [2.24, 2.45) is 5.11 Å². The van der Waals surface area contributed by atoms with Crippen LogP contribution in [0.5, 0.6) is 0 Å². The highest BCUT2D eigenvalue weighted by Gasteiger charge is 2.50. The predicted molar refractivity (Wildman–Crippen MR) is 31.8 cm³/mol. The molecule has 0 rings (SSSR count). The maximum atomic E-state index is 11.9. The van der Waals surface area contributed by atoms with Crippen LogP contribution in [-0.2, 0) is 4.74 Å². The van der Waals surface area contributed by atoms with Crippen LogP contribution in [0.4, 0.5) is 18.0 Å². The summed E-state index contributed by atoms with van der Waals surface area (Å²) in [5, 5.41) is 2.18. The Morgan fingerprint density at radius 1 is 1.42 bits per heavy atom. The molecule has 0 saturated heterocycles. The van der Waals surface area contributed by atoms with Crippen molar-refractivity contribution in [3.05, 3.63) is 0 Å². The molecule has 0 atom stereocenters. The first-order chi connectivity index (χ1) is 5.20. The largest absolute Gasteiger partial charge is 0.452 e. The van der Waals surface area contributed by atoms with E-state index in [0.717, 1.165) is 0 Å². The van der Waals surface area contributed by atoms with Crippen molar-refractivity contribution in [3.8, 4) is 0 Å². The summed E-state index contributed by atoms with van der Waals surface area (Å²) in [5.74, 6) is 0. The SMILES string of the molecule is CC(C)(OC(=O)N=N)C(F)(F)F. The van der Waals surface area contributed by atoms with Gasteiger partial charge in [-0.1, -0.05) is 5.11 Å². The molecule has 70 valence electrons. The van der Waals surface area contributed by atoms with E-state index in [9.17, 15) is 18.0 Å². The van der Waals surface area contributed by atoms with Crippen molar-refractivity contribution in [2.45, 2.75) is 25.6 Å². The molecule has 0 heterocycles. The molecular weight excluding hydrogens is 177 g/mol. The Hall–Kier alpha value is -1.14. The van der Waals surface area contributed by atoms with E-state index in [1.807, 2.05) is 0 Å². The Kier molecular flexibility index (Phi) is 2.78. The lowest BCUT2D eigenvalue weighted by Gasteiger charge is -2.25. The minimum Gasteiger partial charge on any atom is -0.431 e. The molecule has 0 spiro atoms. The number of carbonyl (C=O) groups is 1. The van der Waals surface area contributed by atoms with Crippen LogP contribution in [0.25, 0.3) is 0 Å². The zero-order valence-corrected chi connectivity index (χ0v) is 6.40. The number of rotatable bonds is 1. The van der Waals surface area contributed by atoms with Gasteiger partial charge in [-0.3, -0.25) is 0 Å². The fourth-order valence-corrected chi connectivity index (χ4v) is 0.299. The zero-order chi connectivity index (χ0) is 9.99. The first-order valence-electron chi connectivity index (χ1n) is 2.88. The Labute approximate surface area is 66.2 Å². The van der Waals surface area contributed by atoms with E-state index in [2.05, 4.69) is 9.85 Å². The number of amides is 1. The summed E-state index contributed by atoms with van der Waals surface area (Å²) in [6.07, 6.45) is -6.22. The molecule has 0 aliphatic carbocycles. The van der Waals surface area contributed by atoms with Gasteiger partial charge in [-0.05, 0) is 13.8 Å². The molecule has 1 N–H and O–H groups in total. The van der Waals surface area contributed by atoms with Crippen LogP contribution < -0.4 is 0 Å². The summed E-state index contributed by atoms with van der Waals surface area (Å²) in [6.45, 7) is 1.35. The normalized spacial score (nSPS) is 12.4. The second-order valence-corrected chi connectivity index (χ2v) is 2.49. The van der Waals surface area contributed by atoms with Crippen molar-refractivity contribution < 1.29 is 22.7 Å². The number of nitrogens with zero attached hydrogens (tertiary/aromatic N) is 1. The molecule has 0 bridgehead atoms. The monoisotopic (exact) mass is 184 g/mol. The number of halogens is 3. The first kappa shape index (κ1) is 10.9. The van der Waals surface area contributed by atoms with Crippen LogP contribution in [0, 0.1) is 5.53 Å². The van der Waals surface area contributed by atoms with Crippen molar-refractivity contribution in [3.63, 3.8) is 0 Å². The zero-order valence-electron chi connectivity index (χ0n) is 6.40. The third kappa shape index (κ3) is 2.48. The lowest BCUT2D eigenvalue weighted by Crippen LogP contribution is -2.42. The molecule has 7 heteroatoms. The summed E-state index contributed by atoms with van der Waals surface area (Å²) >= 11 is 0. The molecule has 0 aromatic heterocycles. The van der Waals surface area contributed by atoms with E-state index in [4.69, 9.17) is 5.53 Å². The molecule has 4 nitrogen and oxygen atoms in total. The number of carbonyl (C=O) groups excluding carboxylic acids is 1. The van der Waals surface area contributed by atoms with Gasteiger partial charge in [0.05, 0.1) is 0 Å². The summed E-state index contributed by atoms with van der Waals surface area (Å²) < 4.78 is 39.7. The van der Waals surface area contributed by atoms with Gasteiger partial charge in [0, 0.05) is 0 Å². The predicted octanol–water partition coefficient (Wildman–Crippen LogP) is 2.49.